The van der Waals surface area contributed by atoms with Crippen molar-refractivity contribution < 1.29 is 22.7 Å². The lowest BCUT2D eigenvalue weighted by molar-refractivity contribution is -0.137. The van der Waals surface area contributed by atoms with Crippen LogP contribution in [0.5, 0.6) is 5.75 Å². The molecule has 2 atom stereocenters. The number of halogens is 3. The molecule has 2 aromatic carbocycles. The predicted octanol–water partition coefficient (Wildman–Crippen LogP) is 4.17. The maximum absolute atomic E-state index is 13.2. The van der Waals surface area contributed by atoms with Crippen molar-refractivity contribution in [3.8, 4) is 5.75 Å². The lowest BCUT2D eigenvalue weighted by atomic mass is 9.86. The summed E-state index contributed by atoms with van der Waals surface area (Å²) in [5.41, 5.74) is 6.15. The summed E-state index contributed by atoms with van der Waals surface area (Å²) in [6.45, 7) is 2.11. The lowest BCUT2D eigenvalue weighted by Crippen LogP contribution is -2.51. The van der Waals surface area contributed by atoms with E-state index in [4.69, 9.17) is 10.5 Å². The van der Waals surface area contributed by atoms with Gasteiger partial charge in [-0.15, -0.1) is 0 Å². The largest absolute Gasteiger partial charge is 0.493 e. The summed E-state index contributed by atoms with van der Waals surface area (Å²) < 4.78 is 45.6. The van der Waals surface area contributed by atoms with E-state index in [1.807, 2.05) is 24.3 Å². The molecule has 0 radical (unpaired) electrons. The molecule has 0 aromatic heterocycles. The Balaban J connectivity index is 1.85. The molecule has 1 amide bonds. The van der Waals surface area contributed by atoms with Crippen molar-refractivity contribution in [2.24, 2.45) is 16.8 Å². The van der Waals surface area contributed by atoms with Crippen LogP contribution >= 0.6 is 11.8 Å². The number of ether oxygens (including phenoxy) is 1. The van der Waals surface area contributed by atoms with Crippen LogP contribution in [0.2, 0.25) is 0 Å². The first kappa shape index (κ1) is 20.7. The lowest BCUT2D eigenvalue weighted by Gasteiger charge is -2.45. The number of hydrazone groups is 1. The number of rotatable bonds is 3. The summed E-state index contributed by atoms with van der Waals surface area (Å²) in [5, 5.41) is 6.23. The molecule has 2 aliphatic heterocycles. The Morgan fingerprint density at radius 1 is 1.30 bits per heavy atom. The average molecular weight is 435 g/mol. The Kier molecular flexibility index (Phi) is 5.27. The Morgan fingerprint density at radius 3 is 2.77 bits per heavy atom. The zero-order chi connectivity index (χ0) is 21.5. The molecule has 0 aliphatic carbocycles. The Bertz CT molecular complexity index is 1010. The van der Waals surface area contributed by atoms with Crippen LogP contribution in [0, 0.1) is 5.92 Å². The molecule has 2 aromatic rings. The van der Waals surface area contributed by atoms with Gasteiger partial charge in [-0.05, 0) is 31.2 Å². The van der Waals surface area contributed by atoms with Crippen molar-refractivity contribution in [3.63, 3.8) is 0 Å². The van der Waals surface area contributed by atoms with Gasteiger partial charge in [0.25, 0.3) is 0 Å². The van der Waals surface area contributed by atoms with E-state index in [0.29, 0.717) is 35.9 Å². The molecule has 2 N–H and O–H groups in total. The molecule has 9 heteroatoms. The van der Waals surface area contributed by atoms with Gasteiger partial charge in [0.05, 0.1) is 12.2 Å². The van der Waals surface area contributed by atoms with Gasteiger partial charge < -0.3 is 10.5 Å². The molecule has 1 spiro atoms. The number of nitrogens with two attached hydrogens (primary N) is 1. The van der Waals surface area contributed by atoms with Gasteiger partial charge >= 0.3 is 6.18 Å². The molecule has 0 bridgehead atoms. The van der Waals surface area contributed by atoms with Crippen LogP contribution in [0.3, 0.4) is 0 Å². The minimum absolute atomic E-state index is 0.182. The number of thioether (sulfide) groups is 1. The number of carbonyl (C=O) groups excluding carboxylic acids is 1. The number of fused-ring (bicyclic) bond motifs is 2. The van der Waals surface area contributed by atoms with E-state index in [9.17, 15) is 18.0 Å². The van der Waals surface area contributed by atoms with E-state index in [-0.39, 0.29) is 11.8 Å². The van der Waals surface area contributed by atoms with Gasteiger partial charge in [0, 0.05) is 24.0 Å². The number of alkyl halides is 3. The molecule has 4 rings (SSSR count). The third kappa shape index (κ3) is 3.35. The van der Waals surface area contributed by atoms with Crippen LogP contribution in [0.25, 0.3) is 0 Å². The molecule has 5 nitrogen and oxygen atoms in total. The second-order valence-electron chi connectivity index (χ2n) is 7.19. The molecule has 2 heterocycles. The molecular formula is C21H20F3N3O2S. The number of hydrogen-bond acceptors (Lipinski definition) is 5. The van der Waals surface area contributed by atoms with E-state index in [1.54, 1.807) is 6.07 Å². The SMILES string of the molecule is CC(=O)N1N=C(c2cccc(C(F)(F)F)c2)S[C@]12c1ccccc1OC[C@H]2CCN. The number of amides is 1. The molecule has 0 saturated carbocycles. The molecule has 0 saturated heterocycles. The Hall–Kier alpha value is -2.52. The molecule has 158 valence electrons. The summed E-state index contributed by atoms with van der Waals surface area (Å²) in [5.74, 6) is 0.145. The van der Waals surface area contributed by atoms with Crippen molar-refractivity contribution >= 4 is 22.7 Å². The molecular weight excluding hydrogens is 415 g/mol. The molecule has 2 aliphatic rings. The highest BCUT2D eigenvalue weighted by molar-refractivity contribution is 8.15. The monoisotopic (exact) mass is 435 g/mol. The standard InChI is InChI=1S/C21H20F3N3O2S/c1-13(28)27-20(16(9-10-25)12-29-18-8-3-2-7-17(18)20)30-19(26-27)14-5-4-6-15(11-14)21(22,23)24/h2-8,11,16H,9-10,12,25H2,1H3/t16-,20-/m1/s1. The van der Waals surface area contributed by atoms with Crippen LogP contribution in [0.15, 0.2) is 53.6 Å². The zero-order valence-electron chi connectivity index (χ0n) is 16.1. The van der Waals surface area contributed by atoms with E-state index >= 15 is 0 Å². The van der Waals surface area contributed by atoms with E-state index < -0.39 is 16.6 Å². The summed E-state index contributed by atoms with van der Waals surface area (Å²) in [6.07, 6.45) is -3.90. The van der Waals surface area contributed by atoms with Crippen LogP contribution in [-0.4, -0.2) is 29.1 Å². The van der Waals surface area contributed by atoms with Gasteiger partial charge in [-0.1, -0.05) is 42.1 Å². The predicted molar refractivity (Wildman–Crippen MR) is 109 cm³/mol. The minimum Gasteiger partial charge on any atom is -0.493 e. The average Bonchev–Trinajstić information content (AvgIpc) is 3.12. The fourth-order valence-corrected chi connectivity index (χ4v) is 5.49. The van der Waals surface area contributed by atoms with Gasteiger partial charge in [0.15, 0.2) is 4.87 Å². The summed E-state index contributed by atoms with van der Waals surface area (Å²) in [4.78, 5) is 11.7. The first-order valence-corrected chi connectivity index (χ1v) is 10.3. The zero-order valence-corrected chi connectivity index (χ0v) is 17.0. The highest BCUT2D eigenvalue weighted by atomic mass is 32.2. The van der Waals surface area contributed by atoms with E-state index in [2.05, 4.69) is 5.10 Å². The maximum Gasteiger partial charge on any atom is 0.416 e. The number of para-hydroxylation sites is 1. The second-order valence-corrected chi connectivity index (χ2v) is 8.41. The van der Waals surface area contributed by atoms with Gasteiger partial charge in [-0.3, -0.25) is 4.79 Å². The van der Waals surface area contributed by atoms with Crippen molar-refractivity contribution in [2.45, 2.75) is 24.4 Å². The van der Waals surface area contributed by atoms with Gasteiger partial charge in [-0.25, -0.2) is 5.01 Å². The van der Waals surface area contributed by atoms with Crippen LogP contribution in [0.4, 0.5) is 13.2 Å². The van der Waals surface area contributed by atoms with Crippen LogP contribution < -0.4 is 10.5 Å². The van der Waals surface area contributed by atoms with Crippen LogP contribution in [0.1, 0.15) is 30.0 Å². The van der Waals surface area contributed by atoms with Gasteiger partial charge in [-0.2, -0.15) is 18.3 Å². The molecule has 30 heavy (non-hydrogen) atoms. The van der Waals surface area contributed by atoms with Crippen molar-refractivity contribution in [1.29, 1.82) is 0 Å². The summed E-state index contributed by atoms with van der Waals surface area (Å²) in [7, 11) is 0. The van der Waals surface area contributed by atoms with E-state index in [0.717, 1.165) is 17.7 Å². The first-order chi connectivity index (χ1) is 14.3. The van der Waals surface area contributed by atoms with Gasteiger partial charge in [0.1, 0.15) is 10.8 Å². The number of benzene rings is 2. The van der Waals surface area contributed by atoms with Crippen molar-refractivity contribution in [1.82, 2.24) is 5.01 Å². The van der Waals surface area contributed by atoms with Crippen molar-refractivity contribution in [2.75, 3.05) is 13.2 Å². The van der Waals surface area contributed by atoms with E-state index in [1.165, 1.54) is 29.8 Å². The molecule has 0 fully saturated rings. The second kappa shape index (κ2) is 7.63. The number of nitrogens with zero attached hydrogens (tertiary/aromatic N) is 2. The minimum atomic E-state index is -4.47. The third-order valence-corrected chi connectivity index (χ3v) is 6.82. The quantitative estimate of drug-likeness (QED) is 0.786. The topological polar surface area (TPSA) is 67.9 Å². The number of carbonyl (C=O) groups is 1. The first-order valence-electron chi connectivity index (χ1n) is 9.46. The fourth-order valence-electron chi connectivity index (χ4n) is 3.94. The Labute approximate surface area is 176 Å². The van der Waals surface area contributed by atoms with Gasteiger partial charge in [0.2, 0.25) is 5.91 Å². The smallest absolute Gasteiger partial charge is 0.416 e. The normalized spacial score (nSPS) is 23.2. The van der Waals surface area contributed by atoms with Crippen LogP contribution in [-0.2, 0) is 15.8 Å². The highest BCUT2D eigenvalue weighted by Crippen LogP contribution is 2.57. The maximum atomic E-state index is 13.2. The Morgan fingerprint density at radius 2 is 2.07 bits per heavy atom. The van der Waals surface area contributed by atoms with Crippen molar-refractivity contribution in [3.05, 3.63) is 65.2 Å². The third-order valence-electron chi connectivity index (χ3n) is 5.27. The fraction of sp³-hybridized carbons (Fsp3) is 0.333. The summed E-state index contributed by atoms with van der Waals surface area (Å²) >= 11 is 1.29. The highest BCUT2D eigenvalue weighted by Gasteiger charge is 2.56. The number of hydrogen-bond donors (Lipinski definition) is 1. The summed E-state index contributed by atoms with van der Waals surface area (Å²) in [6, 6.07) is 12.4. The molecule has 0 unspecified atom stereocenters.